The molecule has 0 unspecified atom stereocenters. The molecule has 1 atom stereocenters. The van der Waals surface area contributed by atoms with Crippen molar-refractivity contribution < 1.29 is 0 Å². The Morgan fingerprint density at radius 2 is 0.845 bits per heavy atom. The molecule has 0 radical (unpaired) electrons. The maximum absolute atomic E-state index is 2.56. The summed E-state index contributed by atoms with van der Waals surface area (Å²) in [5.41, 5.74) is 20.9. The zero-order valence-corrected chi connectivity index (χ0v) is 33.2. The third-order valence-corrected chi connectivity index (χ3v) is 13.4. The van der Waals surface area contributed by atoms with Crippen molar-refractivity contribution in [1.82, 2.24) is 0 Å². The average Bonchev–Trinajstić information content (AvgIpc) is 3.93. The monoisotopic (exact) mass is 746 g/mol. The van der Waals surface area contributed by atoms with Crippen LogP contribution in [0.15, 0.2) is 194 Å². The molecule has 0 aromatic heterocycles. The van der Waals surface area contributed by atoms with Gasteiger partial charge in [0.1, 0.15) is 0 Å². The summed E-state index contributed by atoms with van der Waals surface area (Å²) >= 11 is 0. The van der Waals surface area contributed by atoms with Crippen LogP contribution in [0, 0.1) is 0 Å². The maximum Gasteiger partial charge on any atom is 0.0505 e. The number of benzene rings is 8. The van der Waals surface area contributed by atoms with Crippen LogP contribution in [0.1, 0.15) is 60.1 Å². The van der Waals surface area contributed by atoms with Gasteiger partial charge in [-0.15, -0.1) is 0 Å². The van der Waals surface area contributed by atoms with Gasteiger partial charge < -0.3 is 9.80 Å². The molecule has 0 aliphatic heterocycles. The molecule has 0 fully saturated rings. The van der Waals surface area contributed by atoms with Crippen molar-refractivity contribution in [2.24, 2.45) is 0 Å². The molecule has 0 heterocycles. The van der Waals surface area contributed by atoms with Crippen molar-refractivity contribution in [2.75, 3.05) is 9.80 Å². The predicted octanol–water partition coefficient (Wildman–Crippen LogP) is 14.8. The van der Waals surface area contributed by atoms with Crippen LogP contribution in [0.4, 0.5) is 34.1 Å². The molecule has 3 aliphatic rings. The Kier molecular flexibility index (Phi) is 8.05. The number of anilines is 6. The molecular weight excluding hydrogens is 701 g/mol. The Labute approximate surface area is 342 Å². The summed E-state index contributed by atoms with van der Waals surface area (Å²) < 4.78 is 0. The molecule has 2 heteroatoms. The quantitative estimate of drug-likeness (QED) is 0.160. The van der Waals surface area contributed by atoms with Crippen molar-refractivity contribution in [2.45, 2.75) is 50.4 Å². The molecule has 0 bridgehead atoms. The Bertz CT molecular complexity index is 2800. The van der Waals surface area contributed by atoms with Gasteiger partial charge in [0.15, 0.2) is 0 Å². The van der Waals surface area contributed by atoms with Crippen LogP contribution in [0.5, 0.6) is 0 Å². The molecule has 0 amide bonds. The van der Waals surface area contributed by atoms with Gasteiger partial charge >= 0.3 is 0 Å². The molecule has 0 saturated heterocycles. The summed E-state index contributed by atoms with van der Waals surface area (Å²) in [5.74, 6) is 0. The third kappa shape index (κ3) is 5.32. The number of fused-ring (bicyclic) bond motifs is 7. The average molecular weight is 747 g/mol. The van der Waals surface area contributed by atoms with Gasteiger partial charge in [-0.3, -0.25) is 0 Å². The van der Waals surface area contributed by atoms with E-state index in [1.165, 1.54) is 89.8 Å². The molecule has 1 spiro atoms. The molecule has 2 nitrogen and oxygen atoms in total. The highest BCUT2D eigenvalue weighted by Gasteiger charge is 2.49. The normalized spacial score (nSPS) is 16.7. The summed E-state index contributed by atoms with van der Waals surface area (Å²) in [6.07, 6.45) is 4.30. The number of nitrogens with zero attached hydrogens (tertiary/aromatic N) is 2. The molecule has 11 rings (SSSR count). The molecular formula is C56H46N2. The zero-order chi connectivity index (χ0) is 38.8. The Hall–Kier alpha value is -6.64. The second kappa shape index (κ2) is 13.5. The molecule has 8 aromatic rings. The highest BCUT2D eigenvalue weighted by Crippen LogP contribution is 2.60. The van der Waals surface area contributed by atoms with E-state index in [4.69, 9.17) is 0 Å². The fraction of sp³-hybridized carbons (Fsp3) is 0.143. The first-order chi connectivity index (χ1) is 28.5. The van der Waals surface area contributed by atoms with E-state index >= 15 is 0 Å². The fourth-order valence-corrected chi connectivity index (χ4v) is 10.8. The second-order valence-electron chi connectivity index (χ2n) is 16.9. The highest BCUT2D eigenvalue weighted by atomic mass is 15.2. The van der Waals surface area contributed by atoms with E-state index in [-0.39, 0.29) is 10.8 Å². The number of rotatable bonds is 7. The lowest BCUT2D eigenvalue weighted by Crippen LogP contribution is -2.27. The van der Waals surface area contributed by atoms with Crippen LogP contribution in [-0.2, 0) is 23.7 Å². The van der Waals surface area contributed by atoms with Crippen LogP contribution in [0.25, 0.3) is 22.3 Å². The molecule has 0 N–H and O–H groups in total. The number of hydrogen-bond donors (Lipinski definition) is 0. The smallest absolute Gasteiger partial charge is 0.0505 e. The number of para-hydroxylation sites is 2. The van der Waals surface area contributed by atoms with Gasteiger partial charge in [0.05, 0.1) is 11.4 Å². The summed E-state index contributed by atoms with van der Waals surface area (Å²) in [4.78, 5) is 5.07. The summed E-state index contributed by atoms with van der Waals surface area (Å²) in [5, 5.41) is 0. The lowest BCUT2D eigenvalue weighted by Gasteiger charge is -2.37. The summed E-state index contributed by atoms with van der Waals surface area (Å²) in [6, 6.07) is 72.1. The van der Waals surface area contributed by atoms with Crippen molar-refractivity contribution in [3.05, 3.63) is 228 Å². The van der Waals surface area contributed by atoms with Gasteiger partial charge in [0.2, 0.25) is 0 Å². The van der Waals surface area contributed by atoms with Crippen molar-refractivity contribution in [3.63, 3.8) is 0 Å². The summed E-state index contributed by atoms with van der Waals surface area (Å²) in [7, 11) is 0. The minimum absolute atomic E-state index is 0.0936. The number of aryl methyl sites for hydroxylation is 2. The van der Waals surface area contributed by atoms with Crippen molar-refractivity contribution in [3.8, 4) is 22.3 Å². The fourth-order valence-electron chi connectivity index (χ4n) is 10.8. The first-order valence-corrected chi connectivity index (χ1v) is 20.9. The zero-order valence-electron chi connectivity index (χ0n) is 33.2. The van der Waals surface area contributed by atoms with E-state index < -0.39 is 0 Å². The standard InChI is InChI=1S/C56H46N2/c1-55(2)49-25-13-12-24-47(49)48-33-32-46(38-50(48)55)58(44-22-10-5-11-23-44)52-27-15-19-42-35-37-56(54(42)52)36-34-41-18-14-26-51(53(41)56)57(43-20-8-4-9-21-43)45-30-28-40(29-31-45)39-16-6-3-7-17-39/h3-33,38H,34-37H2,1-2H3/t56-/m1/s1. The predicted molar refractivity (Wildman–Crippen MR) is 243 cm³/mol. The Morgan fingerprint density at radius 3 is 1.45 bits per heavy atom. The van der Waals surface area contributed by atoms with Gasteiger partial charge in [0, 0.05) is 33.6 Å². The topological polar surface area (TPSA) is 6.48 Å². The van der Waals surface area contributed by atoms with Crippen LogP contribution in [0.2, 0.25) is 0 Å². The lowest BCUT2D eigenvalue weighted by molar-refractivity contribution is 0.508. The van der Waals surface area contributed by atoms with Crippen LogP contribution in [-0.4, -0.2) is 0 Å². The van der Waals surface area contributed by atoms with Gasteiger partial charge in [0.25, 0.3) is 0 Å². The second-order valence-corrected chi connectivity index (χ2v) is 16.9. The van der Waals surface area contributed by atoms with E-state index in [0.717, 1.165) is 25.7 Å². The highest BCUT2D eigenvalue weighted by molar-refractivity contribution is 5.89. The molecule has 8 aromatic carbocycles. The van der Waals surface area contributed by atoms with Crippen molar-refractivity contribution in [1.29, 1.82) is 0 Å². The first kappa shape index (κ1) is 34.6. The molecule has 58 heavy (non-hydrogen) atoms. The van der Waals surface area contributed by atoms with E-state index in [0.29, 0.717) is 0 Å². The molecule has 280 valence electrons. The van der Waals surface area contributed by atoms with Crippen LogP contribution in [0.3, 0.4) is 0 Å². The Balaban J connectivity index is 1.09. The van der Waals surface area contributed by atoms with E-state index in [2.05, 4.69) is 218 Å². The summed E-state index contributed by atoms with van der Waals surface area (Å²) in [6.45, 7) is 4.77. The van der Waals surface area contributed by atoms with E-state index in [9.17, 15) is 0 Å². The first-order valence-electron chi connectivity index (χ1n) is 20.9. The van der Waals surface area contributed by atoms with Crippen molar-refractivity contribution >= 4 is 34.1 Å². The molecule has 3 aliphatic carbocycles. The van der Waals surface area contributed by atoms with E-state index in [1.807, 2.05) is 0 Å². The third-order valence-electron chi connectivity index (χ3n) is 13.4. The van der Waals surface area contributed by atoms with Gasteiger partial charge in [-0.1, -0.05) is 147 Å². The van der Waals surface area contributed by atoms with Crippen LogP contribution < -0.4 is 9.80 Å². The van der Waals surface area contributed by atoms with Gasteiger partial charge in [-0.25, -0.2) is 0 Å². The minimum atomic E-state index is -0.145. The van der Waals surface area contributed by atoms with Crippen LogP contribution >= 0.6 is 0 Å². The van der Waals surface area contributed by atoms with E-state index in [1.54, 1.807) is 0 Å². The van der Waals surface area contributed by atoms with Gasteiger partial charge in [-0.2, -0.15) is 0 Å². The SMILES string of the molecule is CC1(C)c2ccccc2-c2ccc(N(c3ccccc3)c3cccc4c3[C@]3(CCc5cccc(N(c6ccccc6)c6ccc(-c7ccccc7)cc6)c53)CC4)cc21. The van der Waals surface area contributed by atoms with Gasteiger partial charge in [-0.05, 0) is 142 Å². The number of hydrogen-bond acceptors (Lipinski definition) is 2. The maximum atomic E-state index is 2.56. The molecule has 0 saturated carbocycles. The lowest BCUT2D eigenvalue weighted by atomic mass is 9.74. The largest absolute Gasteiger partial charge is 0.310 e. The minimum Gasteiger partial charge on any atom is -0.310 e. The Morgan fingerprint density at radius 1 is 0.379 bits per heavy atom.